The highest BCUT2D eigenvalue weighted by molar-refractivity contribution is 6.30. The smallest absolute Gasteiger partial charge is 0.328 e. The van der Waals surface area contributed by atoms with Crippen LogP contribution < -0.4 is 15.0 Å². The second-order valence-electron chi connectivity index (χ2n) is 10.0. The number of nitrogens with one attached hydrogen (secondary N) is 1. The molecular formula is C36H35ClN2O5. The summed E-state index contributed by atoms with van der Waals surface area (Å²) in [7, 11) is 1.34. The normalized spacial score (nSPS) is 11.2. The van der Waals surface area contributed by atoms with E-state index in [1.54, 1.807) is 53.4 Å². The van der Waals surface area contributed by atoms with Gasteiger partial charge in [0.2, 0.25) is 5.91 Å². The van der Waals surface area contributed by atoms with Crippen molar-refractivity contribution in [1.29, 1.82) is 0 Å². The number of esters is 1. The Morgan fingerprint density at radius 1 is 0.909 bits per heavy atom. The van der Waals surface area contributed by atoms with E-state index in [2.05, 4.69) is 11.9 Å². The Hall–Kier alpha value is -4.88. The van der Waals surface area contributed by atoms with E-state index >= 15 is 0 Å². The van der Waals surface area contributed by atoms with Gasteiger partial charge in [0.15, 0.2) is 5.78 Å². The Morgan fingerprint density at radius 3 is 2.27 bits per heavy atom. The molecule has 44 heavy (non-hydrogen) atoms. The zero-order valence-electron chi connectivity index (χ0n) is 24.6. The Morgan fingerprint density at radius 2 is 1.59 bits per heavy atom. The first-order valence-corrected chi connectivity index (χ1v) is 14.7. The van der Waals surface area contributed by atoms with E-state index in [1.165, 1.54) is 7.11 Å². The maximum absolute atomic E-state index is 13.2. The highest BCUT2D eigenvalue weighted by Gasteiger charge is 2.23. The molecule has 0 saturated carbocycles. The minimum absolute atomic E-state index is 0.0282. The number of ketones is 1. The molecule has 4 aromatic carbocycles. The fourth-order valence-electron chi connectivity index (χ4n) is 4.67. The summed E-state index contributed by atoms with van der Waals surface area (Å²) in [5.74, 6) is 0.0100. The molecule has 0 aliphatic carbocycles. The summed E-state index contributed by atoms with van der Waals surface area (Å²) >= 11 is 6.03. The second-order valence-corrected chi connectivity index (χ2v) is 10.4. The van der Waals surface area contributed by atoms with Crippen LogP contribution >= 0.6 is 11.6 Å². The number of ether oxygens (including phenoxy) is 2. The van der Waals surface area contributed by atoms with Crippen molar-refractivity contribution in [3.05, 3.63) is 137 Å². The van der Waals surface area contributed by atoms with Crippen molar-refractivity contribution in [1.82, 2.24) is 0 Å². The first kappa shape index (κ1) is 32.0. The number of para-hydroxylation sites is 1. The van der Waals surface area contributed by atoms with Crippen molar-refractivity contribution in [3.63, 3.8) is 0 Å². The largest absolute Gasteiger partial charge is 0.492 e. The fourth-order valence-corrected chi connectivity index (χ4v) is 4.79. The molecule has 4 aromatic rings. The lowest BCUT2D eigenvalue weighted by atomic mass is 10.00. The van der Waals surface area contributed by atoms with Gasteiger partial charge in [0, 0.05) is 40.4 Å². The van der Waals surface area contributed by atoms with E-state index in [1.807, 2.05) is 60.7 Å². The van der Waals surface area contributed by atoms with Crippen molar-refractivity contribution in [2.24, 2.45) is 0 Å². The maximum atomic E-state index is 13.2. The Bertz CT molecular complexity index is 1560. The Balaban J connectivity index is 1.41. The number of hydrogen-bond acceptors (Lipinski definition) is 6. The number of halogens is 1. The molecule has 1 atom stereocenters. The van der Waals surface area contributed by atoms with Gasteiger partial charge < -0.3 is 19.7 Å². The highest BCUT2D eigenvalue weighted by Crippen LogP contribution is 2.23. The van der Waals surface area contributed by atoms with Crippen molar-refractivity contribution >= 4 is 40.6 Å². The van der Waals surface area contributed by atoms with Crippen LogP contribution in [0.3, 0.4) is 0 Å². The number of benzene rings is 4. The van der Waals surface area contributed by atoms with Crippen LogP contribution in [0, 0.1) is 0 Å². The molecule has 1 amide bonds. The number of nitrogens with zero attached hydrogens (tertiary/aromatic N) is 1. The van der Waals surface area contributed by atoms with Gasteiger partial charge in [-0.3, -0.25) is 9.59 Å². The Kier molecular flexibility index (Phi) is 11.7. The number of methoxy groups -OCH3 is 1. The monoisotopic (exact) mass is 610 g/mol. The fraction of sp³-hybridized carbons (Fsp3) is 0.194. The van der Waals surface area contributed by atoms with Gasteiger partial charge in [-0.2, -0.15) is 0 Å². The van der Waals surface area contributed by atoms with Crippen LogP contribution in [0.2, 0.25) is 5.02 Å². The summed E-state index contributed by atoms with van der Waals surface area (Å²) in [6.07, 6.45) is 2.98. The van der Waals surface area contributed by atoms with Gasteiger partial charge in [0.1, 0.15) is 18.4 Å². The van der Waals surface area contributed by atoms with Crippen LogP contribution in [-0.2, 0) is 20.7 Å². The molecular weight excluding hydrogens is 576 g/mol. The average molecular weight is 611 g/mol. The molecule has 0 spiro atoms. The highest BCUT2D eigenvalue weighted by atomic mass is 35.5. The van der Waals surface area contributed by atoms with Crippen LogP contribution in [-0.4, -0.2) is 44.0 Å². The summed E-state index contributed by atoms with van der Waals surface area (Å²) < 4.78 is 11.0. The van der Waals surface area contributed by atoms with E-state index in [4.69, 9.17) is 21.1 Å². The lowest BCUT2D eigenvalue weighted by Crippen LogP contribution is -2.34. The quantitative estimate of drug-likeness (QED) is 0.0874. The Labute approximate surface area is 263 Å². The predicted molar refractivity (Wildman–Crippen MR) is 175 cm³/mol. The van der Waals surface area contributed by atoms with Crippen molar-refractivity contribution < 1.29 is 23.9 Å². The lowest BCUT2D eigenvalue weighted by Gasteiger charge is -2.23. The third-order valence-electron chi connectivity index (χ3n) is 6.97. The van der Waals surface area contributed by atoms with Gasteiger partial charge in [-0.1, -0.05) is 72.3 Å². The van der Waals surface area contributed by atoms with Gasteiger partial charge in [0.25, 0.3) is 0 Å². The molecule has 4 rings (SSSR count). The molecule has 0 aliphatic rings. The zero-order chi connectivity index (χ0) is 31.3. The molecule has 1 N–H and O–H groups in total. The first-order chi connectivity index (χ1) is 21.4. The van der Waals surface area contributed by atoms with Crippen molar-refractivity contribution in [3.8, 4) is 5.75 Å². The van der Waals surface area contributed by atoms with Crippen LogP contribution in [0.4, 0.5) is 11.4 Å². The van der Waals surface area contributed by atoms with E-state index in [9.17, 15) is 14.4 Å². The third kappa shape index (κ3) is 8.82. The number of rotatable bonds is 15. The predicted octanol–water partition coefficient (Wildman–Crippen LogP) is 7.15. The van der Waals surface area contributed by atoms with E-state index in [0.717, 1.165) is 11.3 Å². The maximum Gasteiger partial charge on any atom is 0.328 e. The average Bonchev–Trinajstić information content (AvgIpc) is 3.06. The van der Waals surface area contributed by atoms with E-state index in [0.29, 0.717) is 53.4 Å². The number of carbonyl (C=O) groups excluding carboxylic acids is 3. The van der Waals surface area contributed by atoms with Gasteiger partial charge >= 0.3 is 5.97 Å². The van der Waals surface area contributed by atoms with Gasteiger partial charge in [-0.05, 0) is 60.5 Å². The van der Waals surface area contributed by atoms with Crippen LogP contribution in [0.5, 0.6) is 5.75 Å². The zero-order valence-corrected chi connectivity index (χ0v) is 25.3. The minimum atomic E-state index is -0.731. The molecule has 0 heterocycles. The molecule has 0 aliphatic heterocycles. The van der Waals surface area contributed by atoms with Gasteiger partial charge in [-0.15, -0.1) is 6.58 Å². The summed E-state index contributed by atoms with van der Waals surface area (Å²) in [4.78, 5) is 40.5. The van der Waals surface area contributed by atoms with Crippen LogP contribution in [0.1, 0.15) is 34.3 Å². The number of allylic oxidation sites excluding steroid dienone is 1. The molecule has 0 bridgehead atoms. The van der Waals surface area contributed by atoms with Crippen molar-refractivity contribution in [2.45, 2.75) is 25.3 Å². The summed E-state index contributed by atoms with van der Waals surface area (Å²) in [5, 5.41) is 3.82. The number of hydrogen-bond donors (Lipinski definition) is 1. The molecule has 0 fully saturated rings. The van der Waals surface area contributed by atoms with E-state index < -0.39 is 12.0 Å². The number of carbonyl (C=O) groups is 3. The van der Waals surface area contributed by atoms with Crippen LogP contribution in [0.15, 0.2) is 116 Å². The molecule has 0 unspecified atom stereocenters. The SMILES string of the molecule is C=CCCC(=O)N(CCOc1ccc(C[C@H](Nc2ccccc2C(=O)c2ccccc2)C(=O)OC)cc1)c1ccc(Cl)cc1. The first-order valence-electron chi connectivity index (χ1n) is 14.3. The van der Waals surface area contributed by atoms with Crippen LogP contribution in [0.25, 0.3) is 0 Å². The summed E-state index contributed by atoms with van der Waals surface area (Å²) in [5.41, 5.74) is 3.19. The van der Waals surface area contributed by atoms with Gasteiger partial charge in [-0.25, -0.2) is 4.79 Å². The minimum Gasteiger partial charge on any atom is -0.492 e. The summed E-state index contributed by atoms with van der Waals surface area (Å²) in [6.45, 7) is 4.34. The second kappa shape index (κ2) is 16.1. The molecule has 7 nitrogen and oxygen atoms in total. The third-order valence-corrected chi connectivity index (χ3v) is 7.22. The number of anilines is 2. The molecule has 8 heteroatoms. The molecule has 226 valence electrons. The lowest BCUT2D eigenvalue weighted by molar-refractivity contribution is -0.141. The summed E-state index contributed by atoms with van der Waals surface area (Å²) in [6, 6.07) is 29.9. The molecule has 0 aromatic heterocycles. The standard InChI is InChI=1S/C36H35ClN2O5/c1-3-4-14-34(40)39(29-19-17-28(37)18-20-29)23-24-44-30-21-15-26(16-22-30)25-33(36(42)43-2)38-32-13-9-8-12-31(32)35(41)27-10-6-5-7-11-27/h3,5-13,15-22,33,38H,1,4,14,23-25H2,2H3/t33-/m0/s1. The molecule has 0 saturated heterocycles. The van der Waals surface area contributed by atoms with Gasteiger partial charge in [0.05, 0.1) is 13.7 Å². The van der Waals surface area contributed by atoms with E-state index in [-0.39, 0.29) is 18.3 Å². The molecule has 0 radical (unpaired) electrons. The number of amides is 1. The topological polar surface area (TPSA) is 84.9 Å². The van der Waals surface area contributed by atoms with Crippen molar-refractivity contribution in [2.75, 3.05) is 30.5 Å².